The van der Waals surface area contributed by atoms with Crippen molar-refractivity contribution in [3.05, 3.63) is 38.4 Å². The van der Waals surface area contributed by atoms with E-state index in [0.717, 1.165) is 37.5 Å². The second-order valence-electron chi connectivity index (χ2n) is 6.74. The molecule has 1 heterocycles. The third kappa shape index (κ3) is 3.19. The third-order valence-corrected chi connectivity index (χ3v) is 5.08. The summed E-state index contributed by atoms with van der Waals surface area (Å²) >= 11 is 0. The maximum atomic E-state index is 11.2. The molecule has 0 radical (unpaired) electrons. The monoisotopic (exact) mass is 348 g/mol. The number of benzene rings is 1. The van der Waals surface area contributed by atoms with Gasteiger partial charge in [-0.1, -0.05) is 6.92 Å². The molecule has 1 spiro atoms. The normalized spacial score (nSPS) is 30.1. The van der Waals surface area contributed by atoms with Gasteiger partial charge in [0.05, 0.1) is 27.7 Å². The fourth-order valence-electron chi connectivity index (χ4n) is 3.63. The number of non-ortho nitro benzene ring substituents is 1. The number of nitro benzene ring substituents is 2. The minimum atomic E-state index is -0.663. The zero-order valence-corrected chi connectivity index (χ0v) is 14.1. The minimum absolute atomic E-state index is 0.129. The molecule has 25 heavy (non-hydrogen) atoms. The predicted octanol–water partition coefficient (Wildman–Crippen LogP) is 3.64. The van der Waals surface area contributed by atoms with E-state index in [1.54, 1.807) is 0 Å². The Bertz CT molecular complexity index is 738. The number of hydrazone groups is 1. The van der Waals surface area contributed by atoms with Crippen LogP contribution in [0.15, 0.2) is 23.3 Å². The molecule has 3 rings (SSSR count). The van der Waals surface area contributed by atoms with Crippen molar-refractivity contribution in [3.63, 3.8) is 0 Å². The van der Waals surface area contributed by atoms with Crippen LogP contribution in [0.4, 0.5) is 17.1 Å². The number of anilines is 1. The van der Waals surface area contributed by atoms with Crippen LogP contribution in [-0.2, 0) is 4.74 Å². The molecular weight excluding hydrogens is 328 g/mol. The molecule has 1 N–H and O–H groups in total. The quantitative estimate of drug-likeness (QED) is 0.655. The van der Waals surface area contributed by atoms with Gasteiger partial charge in [-0.05, 0) is 44.6 Å². The molecule has 0 aromatic heterocycles. The van der Waals surface area contributed by atoms with Crippen LogP contribution in [0.3, 0.4) is 0 Å². The molecule has 0 amide bonds. The number of nitrogens with one attached hydrogen (secondary N) is 1. The Morgan fingerprint density at radius 3 is 2.64 bits per heavy atom. The zero-order chi connectivity index (χ0) is 18.2. The molecule has 1 unspecified atom stereocenters. The van der Waals surface area contributed by atoms with Crippen LogP contribution < -0.4 is 5.43 Å². The lowest BCUT2D eigenvalue weighted by molar-refractivity contribution is -0.393. The molecule has 2 aliphatic rings. The van der Waals surface area contributed by atoms with Crippen LogP contribution >= 0.6 is 0 Å². The fourth-order valence-corrected chi connectivity index (χ4v) is 3.63. The average Bonchev–Trinajstić information content (AvgIpc) is 3.07. The van der Waals surface area contributed by atoms with Crippen molar-refractivity contribution in [3.8, 4) is 0 Å². The lowest BCUT2D eigenvalue weighted by Crippen LogP contribution is -2.34. The van der Waals surface area contributed by atoms with Crippen LogP contribution in [0.1, 0.15) is 39.5 Å². The summed E-state index contributed by atoms with van der Waals surface area (Å²) in [4.78, 5) is 20.7. The summed E-state index contributed by atoms with van der Waals surface area (Å²) in [5.41, 5.74) is 2.62. The van der Waals surface area contributed by atoms with Gasteiger partial charge < -0.3 is 4.74 Å². The fraction of sp³-hybridized carbons (Fsp3) is 0.562. The number of ether oxygens (including phenoxy) is 1. The lowest BCUT2D eigenvalue weighted by atomic mass is 9.91. The highest BCUT2D eigenvalue weighted by atomic mass is 16.6. The molecule has 0 bridgehead atoms. The molecule has 1 saturated carbocycles. The Kier molecular flexibility index (Phi) is 4.42. The maximum Gasteiger partial charge on any atom is 0.301 e. The van der Waals surface area contributed by atoms with Gasteiger partial charge in [-0.15, -0.1) is 0 Å². The Hall–Kier alpha value is -2.55. The summed E-state index contributed by atoms with van der Waals surface area (Å²) in [5.74, 6) is 0.428. The first-order chi connectivity index (χ1) is 11.8. The van der Waals surface area contributed by atoms with E-state index in [-0.39, 0.29) is 28.8 Å². The van der Waals surface area contributed by atoms with Gasteiger partial charge in [0.25, 0.3) is 5.69 Å². The first-order valence-electron chi connectivity index (χ1n) is 8.26. The van der Waals surface area contributed by atoms with Gasteiger partial charge in [0.1, 0.15) is 11.3 Å². The van der Waals surface area contributed by atoms with Gasteiger partial charge in [-0.25, -0.2) is 0 Å². The summed E-state index contributed by atoms with van der Waals surface area (Å²) in [5, 5.41) is 26.4. The van der Waals surface area contributed by atoms with Crippen molar-refractivity contribution in [2.24, 2.45) is 11.0 Å². The summed E-state index contributed by atoms with van der Waals surface area (Å²) in [7, 11) is 0. The van der Waals surface area contributed by atoms with Crippen molar-refractivity contribution in [2.75, 3.05) is 5.43 Å². The van der Waals surface area contributed by atoms with Crippen LogP contribution in [0.5, 0.6) is 0 Å². The van der Waals surface area contributed by atoms with Gasteiger partial charge in [0, 0.05) is 6.07 Å². The second kappa shape index (κ2) is 6.40. The van der Waals surface area contributed by atoms with Gasteiger partial charge in [-0.3, -0.25) is 25.7 Å². The van der Waals surface area contributed by atoms with E-state index < -0.39 is 9.85 Å². The largest absolute Gasteiger partial charge is 0.366 e. The van der Waals surface area contributed by atoms with Gasteiger partial charge in [0.2, 0.25) is 0 Å². The molecule has 3 atom stereocenters. The Morgan fingerprint density at radius 1 is 1.28 bits per heavy atom. The molecule has 9 nitrogen and oxygen atoms in total. The van der Waals surface area contributed by atoms with Crippen LogP contribution in [0, 0.1) is 26.1 Å². The van der Waals surface area contributed by atoms with E-state index in [2.05, 4.69) is 17.5 Å². The molecule has 2 fully saturated rings. The number of rotatable bonds is 4. The van der Waals surface area contributed by atoms with Gasteiger partial charge in [-0.2, -0.15) is 5.10 Å². The van der Waals surface area contributed by atoms with Crippen molar-refractivity contribution in [1.82, 2.24) is 0 Å². The maximum absolute atomic E-state index is 11.2. The summed E-state index contributed by atoms with van der Waals surface area (Å²) in [6.07, 6.45) is 3.66. The van der Waals surface area contributed by atoms with Crippen LogP contribution in [0.2, 0.25) is 0 Å². The van der Waals surface area contributed by atoms with Crippen molar-refractivity contribution in [1.29, 1.82) is 0 Å². The van der Waals surface area contributed by atoms with Crippen LogP contribution in [-0.4, -0.2) is 27.3 Å². The Morgan fingerprint density at radius 2 is 2.04 bits per heavy atom. The molecule has 134 valence electrons. The topological polar surface area (TPSA) is 120 Å². The van der Waals surface area contributed by atoms with E-state index in [4.69, 9.17) is 4.74 Å². The van der Waals surface area contributed by atoms with E-state index in [0.29, 0.717) is 5.92 Å². The summed E-state index contributed by atoms with van der Waals surface area (Å²) in [6, 6.07) is 3.46. The van der Waals surface area contributed by atoms with Crippen molar-refractivity contribution >= 4 is 22.8 Å². The van der Waals surface area contributed by atoms with Crippen molar-refractivity contribution in [2.45, 2.75) is 51.2 Å². The van der Waals surface area contributed by atoms with E-state index >= 15 is 0 Å². The Labute approximate surface area is 144 Å². The number of hydrogen-bond donors (Lipinski definition) is 1. The molecule has 9 heteroatoms. The SMILES string of the molecule is C[C@@H]1CC2(CCC/C2=N\Nc2ccc([N+](=O)[O-])cc2[N+](=O)[O-])O[C@H]1C. The van der Waals surface area contributed by atoms with Gasteiger partial charge >= 0.3 is 5.69 Å². The standard InChI is InChI=1S/C16H20N4O5/c1-10-9-16(25-11(10)2)7-3-4-15(16)18-17-13-6-5-12(19(21)22)8-14(13)20(23)24/h5-6,8,10-11,17H,3-4,7,9H2,1-2H3/b18-15+/t10-,11+,16?/m1/s1. The summed E-state index contributed by atoms with van der Waals surface area (Å²) in [6.45, 7) is 4.19. The first kappa shape index (κ1) is 17.3. The highest BCUT2D eigenvalue weighted by molar-refractivity contribution is 5.95. The molecule has 1 saturated heterocycles. The van der Waals surface area contributed by atoms with Crippen LogP contribution in [0.25, 0.3) is 0 Å². The van der Waals surface area contributed by atoms with E-state index in [1.165, 1.54) is 12.1 Å². The number of nitrogens with zero attached hydrogens (tertiary/aromatic N) is 3. The predicted molar refractivity (Wildman–Crippen MR) is 91.7 cm³/mol. The third-order valence-electron chi connectivity index (χ3n) is 5.08. The molecule has 1 aromatic carbocycles. The van der Waals surface area contributed by atoms with Crippen molar-refractivity contribution < 1.29 is 14.6 Å². The molecule has 1 aliphatic carbocycles. The number of hydrogen-bond acceptors (Lipinski definition) is 7. The molecular formula is C16H20N4O5. The average molecular weight is 348 g/mol. The second-order valence-corrected chi connectivity index (χ2v) is 6.74. The lowest BCUT2D eigenvalue weighted by Gasteiger charge is -2.24. The van der Waals surface area contributed by atoms with E-state index in [1.807, 2.05) is 6.92 Å². The highest BCUT2D eigenvalue weighted by Gasteiger charge is 2.49. The highest BCUT2D eigenvalue weighted by Crippen LogP contribution is 2.44. The Balaban J connectivity index is 1.86. The minimum Gasteiger partial charge on any atom is -0.366 e. The number of nitro groups is 2. The molecule has 1 aliphatic heterocycles. The smallest absolute Gasteiger partial charge is 0.301 e. The molecule has 1 aromatic rings. The summed E-state index contributed by atoms with van der Waals surface area (Å²) < 4.78 is 6.16. The van der Waals surface area contributed by atoms with Gasteiger partial charge in [0.15, 0.2) is 0 Å². The zero-order valence-electron chi connectivity index (χ0n) is 14.1. The first-order valence-corrected chi connectivity index (χ1v) is 8.26. The van der Waals surface area contributed by atoms with E-state index in [9.17, 15) is 20.2 Å².